The fourth-order valence-corrected chi connectivity index (χ4v) is 4.49. The smallest absolute Gasteiger partial charge is 0.214 e. The first-order chi connectivity index (χ1) is 13.5. The summed E-state index contributed by atoms with van der Waals surface area (Å²) in [7, 11) is 3.19. The highest BCUT2D eigenvalue weighted by atomic mass is 79.9. The van der Waals surface area contributed by atoms with Gasteiger partial charge in [-0.05, 0) is 58.6 Å². The number of imidazole rings is 1. The number of benzene rings is 1. The molecule has 0 amide bonds. The van der Waals surface area contributed by atoms with Gasteiger partial charge in [-0.3, -0.25) is 0 Å². The van der Waals surface area contributed by atoms with Gasteiger partial charge >= 0.3 is 0 Å². The topological polar surface area (TPSA) is 95.3 Å². The molecule has 0 spiro atoms. The van der Waals surface area contributed by atoms with Gasteiger partial charge < -0.3 is 19.9 Å². The number of nitrogen functional groups attached to an aromatic ring is 1. The van der Waals surface area contributed by atoms with Crippen LogP contribution >= 0.6 is 15.9 Å². The molecule has 7 nitrogen and oxygen atoms in total. The highest BCUT2D eigenvalue weighted by Crippen LogP contribution is 2.50. The Kier molecular flexibility index (Phi) is 4.55. The van der Waals surface area contributed by atoms with E-state index in [0.29, 0.717) is 23.6 Å². The molecule has 1 aliphatic heterocycles. The van der Waals surface area contributed by atoms with Gasteiger partial charge in [0.25, 0.3) is 0 Å². The third-order valence-corrected chi connectivity index (χ3v) is 5.71. The van der Waals surface area contributed by atoms with E-state index in [1.54, 1.807) is 14.2 Å². The molecule has 0 fully saturated rings. The monoisotopic (exact) mass is 442 g/mol. The summed E-state index contributed by atoms with van der Waals surface area (Å²) in [5.74, 6) is 2.06. The van der Waals surface area contributed by atoms with E-state index in [1.807, 2.05) is 25.1 Å². The van der Waals surface area contributed by atoms with Crippen molar-refractivity contribution in [3.05, 3.63) is 57.0 Å². The Bertz CT molecular complexity index is 1060. The zero-order valence-corrected chi connectivity index (χ0v) is 17.3. The molecule has 1 aromatic carbocycles. The Morgan fingerprint density at radius 2 is 2.11 bits per heavy atom. The van der Waals surface area contributed by atoms with Gasteiger partial charge in [-0.2, -0.15) is 5.26 Å². The molecule has 8 heteroatoms. The molecule has 0 radical (unpaired) electrons. The van der Waals surface area contributed by atoms with Gasteiger partial charge in [-0.15, -0.1) is 0 Å². The maximum absolute atomic E-state index is 9.69. The number of rotatable bonds is 3. The largest absolute Gasteiger partial charge is 0.493 e. The molecular formula is C20H19BrN4O3. The van der Waals surface area contributed by atoms with Crippen LogP contribution in [0.15, 0.2) is 40.1 Å². The summed E-state index contributed by atoms with van der Waals surface area (Å²) >= 11 is 3.56. The van der Waals surface area contributed by atoms with Crippen LogP contribution in [0.25, 0.3) is 0 Å². The van der Waals surface area contributed by atoms with Gasteiger partial charge in [-0.25, -0.2) is 9.55 Å². The molecule has 144 valence electrons. The summed E-state index contributed by atoms with van der Waals surface area (Å²) in [6.07, 6.45) is 6.52. The van der Waals surface area contributed by atoms with Crippen molar-refractivity contribution in [1.29, 1.82) is 5.26 Å². The number of nitrogens with two attached hydrogens (primary N) is 1. The van der Waals surface area contributed by atoms with Gasteiger partial charge in [0, 0.05) is 5.92 Å². The summed E-state index contributed by atoms with van der Waals surface area (Å²) in [6, 6.07) is 3.90. The number of nitriles is 1. The molecule has 28 heavy (non-hydrogen) atoms. The minimum Gasteiger partial charge on any atom is -0.493 e. The molecule has 2 heterocycles. The van der Waals surface area contributed by atoms with Gasteiger partial charge in [0.2, 0.25) is 5.95 Å². The van der Waals surface area contributed by atoms with E-state index in [4.69, 9.17) is 19.9 Å². The Hall–Kier alpha value is -2.92. The van der Waals surface area contributed by atoms with E-state index >= 15 is 0 Å². The number of hydrogen-bond donors (Lipinski definition) is 1. The average molecular weight is 443 g/mol. The number of methoxy groups -OCH3 is 2. The maximum Gasteiger partial charge on any atom is 0.214 e. The number of halogens is 1. The second-order valence-electron chi connectivity index (χ2n) is 6.69. The normalized spacial score (nSPS) is 20.1. The number of ether oxygens (including phenoxy) is 3. The van der Waals surface area contributed by atoms with E-state index in [9.17, 15) is 5.26 Å². The van der Waals surface area contributed by atoms with Gasteiger partial charge in [0.15, 0.2) is 23.8 Å². The Balaban J connectivity index is 1.93. The molecule has 1 aromatic heterocycles. The lowest BCUT2D eigenvalue weighted by Gasteiger charge is -2.33. The van der Waals surface area contributed by atoms with Crippen LogP contribution in [0.1, 0.15) is 42.3 Å². The van der Waals surface area contributed by atoms with E-state index in [1.165, 1.54) is 4.57 Å². The highest BCUT2D eigenvalue weighted by molar-refractivity contribution is 9.10. The summed E-state index contributed by atoms with van der Waals surface area (Å²) in [4.78, 5) is 4.47. The molecule has 2 unspecified atom stereocenters. The number of nitrogens with zero attached hydrogens (tertiary/aromatic N) is 3. The van der Waals surface area contributed by atoms with E-state index < -0.39 is 0 Å². The van der Waals surface area contributed by atoms with Crippen LogP contribution in [-0.2, 0) is 4.74 Å². The number of hydrogen-bond acceptors (Lipinski definition) is 6. The maximum atomic E-state index is 9.69. The molecular weight excluding hydrogens is 424 g/mol. The summed E-state index contributed by atoms with van der Waals surface area (Å²) in [5, 5.41) is 9.69. The van der Waals surface area contributed by atoms with E-state index in [2.05, 4.69) is 33.2 Å². The van der Waals surface area contributed by atoms with Crippen molar-refractivity contribution in [2.24, 2.45) is 0 Å². The SMILES string of the molecule is COc1cc(C2CC3=CC=C(C)OC3c3nc(N)n(C#N)c32)cc(Br)c1OC. The van der Waals surface area contributed by atoms with Crippen LogP contribution in [0.5, 0.6) is 11.5 Å². The predicted octanol–water partition coefficient (Wildman–Crippen LogP) is 4.01. The Labute approximate surface area is 171 Å². The third-order valence-electron chi connectivity index (χ3n) is 5.12. The minimum atomic E-state index is -0.322. The van der Waals surface area contributed by atoms with Crippen molar-refractivity contribution >= 4 is 21.9 Å². The fourth-order valence-electron chi connectivity index (χ4n) is 3.87. The number of allylic oxidation sites excluding steroid dienone is 3. The van der Waals surface area contributed by atoms with Gasteiger partial charge in [0.05, 0.1) is 30.1 Å². The quantitative estimate of drug-likeness (QED) is 0.770. The first-order valence-electron chi connectivity index (χ1n) is 8.72. The Morgan fingerprint density at radius 1 is 1.32 bits per heavy atom. The molecule has 2 aromatic rings. The number of aromatic nitrogens is 2. The predicted molar refractivity (Wildman–Crippen MR) is 107 cm³/mol. The summed E-state index contributed by atoms with van der Waals surface area (Å²) in [6.45, 7) is 1.90. The number of anilines is 1. The second-order valence-corrected chi connectivity index (χ2v) is 7.54. The zero-order valence-electron chi connectivity index (χ0n) is 15.7. The van der Waals surface area contributed by atoms with Crippen molar-refractivity contribution in [2.45, 2.75) is 25.4 Å². The van der Waals surface area contributed by atoms with Crippen molar-refractivity contribution in [2.75, 3.05) is 20.0 Å². The van der Waals surface area contributed by atoms with Gasteiger partial charge in [-0.1, -0.05) is 6.08 Å². The van der Waals surface area contributed by atoms with Gasteiger partial charge in [0.1, 0.15) is 5.69 Å². The molecule has 2 atom stereocenters. The van der Waals surface area contributed by atoms with Crippen LogP contribution in [0.2, 0.25) is 0 Å². The van der Waals surface area contributed by atoms with Crippen LogP contribution in [-0.4, -0.2) is 23.8 Å². The first kappa shape index (κ1) is 18.4. The fraction of sp³-hybridized carbons (Fsp3) is 0.300. The number of fused-ring (bicyclic) bond motifs is 3. The second kappa shape index (κ2) is 6.91. The molecule has 1 aliphatic carbocycles. The molecule has 2 aliphatic rings. The highest BCUT2D eigenvalue weighted by Gasteiger charge is 2.39. The molecule has 2 N–H and O–H groups in total. The van der Waals surface area contributed by atoms with Crippen molar-refractivity contribution in [3.8, 4) is 17.7 Å². The van der Waals surface area contributed by atoms with Crippen LogP contribution in [0, 0.1) is 11.5 Å². The lowest BCUT2D eigenvalue weighted by Crippen LogP contribution is -2.23. The molecule has 0 saturated heterocycles. The summed E-state index contributed by atoms with van der Waals surface area (Å²) < 4.78 is 19.1. The van der Waals surface area contributed by atoms with E-state index in [0.717, 1.165) is 27.1 Å². The van der Waals surface area contributed by atoms with Crippen LogP contribution in [0.4, 0.5) is 5.95 Å². The lowest BCUT2D eigenvalue weighted by molar-refractivity contribution is 0.130. The van der Waals surface area contributed by atoms with Crippen molar-refractivity contribution in [1.82, 2.24) is 9.55 Å². The first-order valence-corrected chi connectivity index (χ1v) is 9.51. The average Bonchev–Trinajstić information content (AvgIpc) is 3.03. The summed E-state index contributed by atoms with van der Waals surface area (Å²) in [5.41, 5.74) is 9.53. The van der Waals surface area contributed by atoms with Crippen molar-refractivity contribution in [3.63, 3.8) is 0 Å². The molecule has 0 bridgehead atoms. The van der Waals surface area contributed by atoms with E-state index in [-0.39, 0.29) is 18.0 Å². The minimum absolute atomic E-state index is 0.131. The third kappa shape index (κ3) is 2.74. The zero-order chi connectivity index (χ0) is 20.0. The van der Waals surface area contributed by atoms with Crippen LogP contribution < -0.4 is 15.2 Å². The standard InChI is InChI=1S/C20H19BrN4O3/c1-10-4-5-11-6-13(12-7-14(21)19(27-3)15(8-12)26-2)17-16(18(11)28-10)24-20(23)25(17)9-22/h4-5,7-8,13,18H,6H2,1-3H3,(H2,23,24). The Morgan fingerprint density at radius 3 is 2.79 bits per heavy atom. The molecule has 4 rings (SSSR count). The lowest BCUT2D eigenvalue weighted by atomic mass is 9.79. The molecule has 0 saturated carbocycles. The van der Waals surface area contributed by atoms with Crippen LogP contribution in [0.3, 0.4) is 0 Å². The van der Waals surface area contributed by atoms with Crippen molar-refractivity contribution < 1.29 is 14.2 Å².